The first kappa shape index (κ1) is 18.7. The van der Waals surface area contributed by atoms with Crippen LogP contribution in [0, 0.1) is 24.2 Å². The lowest BCUT2D eigenvalue weighted by Crippen LogP contribution is -2.13. The minimum Gasteiger partial charge on any atom is -0.192 e. The maximum Gasteiger partial charge on any atom is 0.0991 e. The summed E-state index contributed by atoms with van der Waals surface area (Å²) >= 11 is 0. The van der Waals surface area contributed by atoms with Crippen LogP contribution in [0.4, 0.5) is 0 Å². The molecule has 0 amide bonds. The molecule has 1 nitrogen and oxygen atoms in total. The Morgan fingerprint density at radius 1 is 0.962 bits per heavy atom. The largest absolute Gasteiger partial charge is 0.192 e. The average Bonchev–Trinajstić information content (AvgIpc) is 2.68. The first-order valence-corrected chi connectivity index (χ1v) is 10.3. The smallest absolute Gasteiger partial charge is 0.0991 e. The van der Waals surface area contributed by atoms with E-state index in [1.54, 1.807) is 5.56 Å². The molecule has 1 aliphatic carbocycles. The van der Waals surface area contributed by atoms with Crippen LogP contribution in [-0.4, -0.2) is 0 Å². The monoisotopic (exact) mass is 345 g/mol. The Kier molecular flexibility index (Phi) is 6.51. The van der Waals surface area contributed by atoms with Gasteiger partial charge in [-0.1, -0.05) is 50.1 Å². The number of aryl methyl sites for hydroxylation is 3. The second-order valence-corrected chi connectivity index (χ2v) is 8.00. The van der Waals surface area contributed by atoms with Gasteiger partial charge in [-0.25, -0.2) is 0 Å². The van der Waals surface area contributed by atoms with Crippen molar-refractivity contribution in [3.8, 4) is 6.07 Å². The van der Waals surface area contributed by atoms with E-state index >= 15 is 0 Å². The Morgan fingerprint density at radius 3 is 2.31 bits per heavy atom. The molecule has 136 valence electrons. The molecule has 1 saturated carbocycles. The van der Waals surface area contributed by atoms with Gasteiger partial charge in [-0.3, -0.25) is 0 Å². The van der Waals surface area contributed by atoms with E-state index < -0.39 is 0 Å². The van der Waals surface area contributed by atoms with E-state index in [4.69, 9.17) is 5.26 Å². The molecule has 0 spiro atoms. The fraction of sp³-hybridized carbons (Fsp3) is 0.480. The van der Waals surface area contributed by atoms with Crippen LogP contribution in [0.1, 0.15) is 79.2 Å². The Bertz CT molecular complexity index is 743. The highest BCUT2D eigenvalue weighted by atomic mass is 14.3. The van der Waals surface area contributed by atoms with E-state index in [9.17, 15) is 0 Å². The van der Waals surface area contributed by atoms with Gasteiger partial charge in [0.25, 0.3) is 0 Å². The standard InChI is InChI=1S/C25H31N/c1-3-4-20-10-13-24(14-11-20)25-16-15-23(19(2)17-25)12-9-21-5-7-22(18-26)8-6-21/h5-8,15-17,20,24H,3-4,9-14H2,1-2H3. The molecule has 0 heterocycles. The van der Waals surface area contributed by atoms with Crippen molar-refractivity contribution in [1.82, 2.24) is 0 Å². The Balaban J connectivity index is 1.58. The van der Waals surface area contributed by atoms with Crippen molar-refractivity contribution in [2.24, 2.45) is 5.92 Å². The zero-order valence-corrected chi connectivity index (χ0v) is 16.3. The van der Waals surface area contributed by atoms with Crippen molar-refractivity contribution in [2.75, 3.05) is 0 Å². The minimum absolute atomic E-state index is 0.739. The Hall–Kier alpha value is -2.07. The number of hydrogen-bond donors (Lipinski definition) is 0. The Labute approximate surface area is 159 Å². The molecule has 2 aromatic rings. The van der Waals surface area contributed by atoms with Crippen LogP contribution in [0.15, 0.2) is 42.5 Å². The van der Waals surface area contributed by atoms with Crippen LogP contribution in [-0.2, 0) is 12.8 Å². The maximum atomic E-state index is 8.90. The lowest BCUT2D eigenvalue weighted by molar-refractivity contribution is 0.308. The lowest BCUT2D eigenvalue weighted by atomic mass is 9.77. The van der Waals surface area contributed by atoms with E-state index in [1.807, 2.05) is 12.1 Å². The van der Waals surface area contributed by atoms with Crippen molar-refractivity contribution >= 4 is 0 Å². The molecule has 2 aromatic carbocycles. The van der Waals surface area contributed by atoms with Gasteiger partial charge in [-0.05, 0) is 91.7 Å². The third-order valence-electron chi connectivity index (χ3n) is 6.15. The highest BCUT2D eigenvalue weighted by molar-refractivity contribution is 5.35. The first-order chi connectivity index (χ1) is 12.7. The summed E-state index contributed by atoms with van der Waals surface area (Å²) in [4.78, 5) is 0. The van der Waals surface area contributed by atoms with Crippen molar-refractivity contribution in [2.45, 2.75) is 71.1 Å². The SMILES string of the molecule is CCCC1CCC(c2ccc(CCc3ccc(C#N)cc3)c(C)c2)CC1. The van der Waals surface area contributed by atoms with Crippen LogP contribution in [0.5, 0.6) is 0 Å². The number of rotatable bonds is 6. The summed E-state index contributed by atoms with van der Waals surface area (Å²) in [5, 5.41) is 8.90. The fourth-order valence-electron chi connectivity index (χ4n) is 4.47. The van der Waals surface area contributed by atoms with Gasteiger partial charge in [-0.2, -0.15) is 5.26 Å². The molecule has 0 bridgehead atoms. The molecule has 0 aliphatic heterocycles. The molecule has 0 radical (unpaired) electrons. The van der Waals surface area contributed by atoms with E-state index in [0.717, 1.165) is 30.2 Å². The summed E-state index contributed by atoms with van der Waals surface area (Å²) in [6.45, 7) is 4.58. The summed E-state index contributed by atoms with van der Waals surface area (Å²) < 4.78 is 0. The molecule has 1 fully saturated rings. The number of nitrogens with zero attached hydrogens (tertiary/aromatic N) is 1. The molecular formula is C25H31N. The molecular weight excluding hydrogens is 314 g/mol. The number of benzene rings is 2. The third-order valence-corrected chi connectivity index (χ3v) is 6.15. The topological polar surface area (TPSA) is 23.8 Å². The minimum atomic E-state index is 0.739. The molecule has 0 N–H and O–H groups in total. The molecule has 26 heavy (non-hydrogen) atoms. The molecule has 0 aromatic heterocycles. The summed E-state index contributed by atoms with van der Waals surface area (Å²) in [6, 6.07) is 17.4. The van der Waals surface area contributed by atoms with Gasteiger partial charge in [0.1, 0.15) is 0 Å². The second-order valence-electron chi connectivity index (χ2n) is 8.00. The zero-order chi connectivity index (χ0) is 18.4. The molecule has 0 saturated heterocycles. The van der Waals surface area contributed by atoms with Gasteiger partial charge in [0, 0.05) is 0 Å². The van der Waals surface area contributed by atoms with Crippen LogP contribution >= 0.6 is 0 Å². The van der Waals surface area contributed by atoms with Gasteiger partial charge in [0.2, 0.25) is 0 Å². The van der Waals surface area contributed by atoms with Crippen LogP contribution in [0.25, 0.3) is 0 Å². The van der Waals surface area contributed by atoms with Crippen molar-refractivity contribution in [3.63, 3.8) is 0 Å². The van der Waals surface area contributed by atoms with E-state index in [2.05, 4.69) is 50.2 Å². The van der Waals surface area contributed by atoms with Crippen LogP contribution in [0.2, 0.25) is 0 Å². The summed E-state index contributed by atoms with van der Waals surface area (Å²) in [7, 11) is 0. The van der Waals surface area contributed by atoms with Crippen molar-refractivity contribution < 1.29 is 0 Å². The van der Waals surface area contributed by atoms with Gasteiger partial charge < -0.3 is 0 Å². The van der Waals surface area contributed by atoms with Gasteiger partial charge in [0.05, 0.1) is 11.6 Å². The Morgan fingerprint density at radius 2 is 1.69 bits per heavy atom. The van der Waals surface area contributed by atoms with Crippen molar-refractivity contribution in [1.29, 1.82) is 5.26 Å². The lowest BCUT2D eigenvalue weighted by Gasteiger charge is -2.29. The van der Waals surface area contributed by atoms with E-state index in [-0.39, 0.29) is 0 Å². The fourth-order valence-corrected chi connectivity index (χ4v) is 4.47. The zero-order valence-electron chi connectivity index (χ0n) is 16.3. The summed E-state index contributed by atoms with van der Waals surface area (Å²) in [5.41, 5.74) is 6.49. The van der Waals surface area contributed by atoms with Crippen molar-refractivity contribution in [3.05, 3.63) is 70.3 Å². The highest BCUT2D eigenvalue weighted by Gasteiger charge is 2.22. The normalized spacial score (nSPS) is 19.9. The van der Waals surface area contributed by atoms with Crippen LogP contribution < -0.4 is 0 Å². The van der Waals surface area contributed by atoms with Gasteiger partial charge >= 0.3 is 0 Å². The molecule has 1 heteroatoms. The predicted octanol–water partition coefficient (Wildman–Crippen LogP) is 6.73. The number of nitriles is 1. The average molecular weight is 346 g/mol. The second kappa shape index (κ2) is 9.04. The molecule has 0 atom stereocenters. The summed E-state index contributed by atoms with van der Waals surface area (Å²) in [5.74, 6) is 1.75. The maximum absolute atomic E-state index is 8.90. The van der Waals surface area contributed by atoms with Gasteiger partial charge in [0.15, 0.2) is 0 Å². The summed E-state index contributed by atoms with van der Waals surface area (Å²) in [6.07, 6.45) is 10.4. The quantitative estimate of drug-likeness (QED) is 0.569. The predicted molar refractivity (Wildman–Crippen MR) is 109 cm³/mol. The van der Waals surface area contributed by atoms with E-state index in [0.29, 0.717) is 0 Å². The van der Waals surface area contributed by atoms with Crippen LogP contribution in [0.3, 0.4) is 0 Å². The molecule has 3 rings (SSSR count). The third kappa shape index (κ3) is 4.76. The number of hydrogen-bond acceptors (Lipinski definition) is 1. The highest BCUT2D eigenvalue weighted by Crippen LogP contribution is 2.38. The first-order valence-electron chi connectivity index (χ1n) is 10.3. The molecule has 0 unspecified atom stereocenters. The van der Waals surface area contributed by atoms with E-state index in [1.165, 1.54) is 55.2 Å². The van der Waals surface area contributed by atoms with Gasteiger partial charge in [-0.15, -0.1) is 0 Å². The molecule has 1 aliphatic rings.